The number of aryl methyl sites for hydroxylation is 3. The van der Waals surface area contributed by atoms with E-state index >= 15 is 0 Å². The zero-order valence-corrected chi connectivity index (χ0v) is 16.2. The molecule has 0 aliphatic heterocycles. The van der Waals surface area contributed by atoms with E-state index in [0.29, 0.717) is 29.5 Å². The van der Waals surface area contributed by atoms with Crippen molar-refractivity contribution in [3.8, 4) is 11.5 Å². The van der Waals surface area contributed by atoms with E-state index in [2.05, 4.69) is 29.4 Å². The Kier molecular flexibility index (Phi) is 5.42. The summed E-state index contributed by atoms with van der Waals surface area (Å²) in [6, 6.07) is 9.89. The molecule has 2 aromatic carbocycles. The van der Waals surface area contributed by atoms with Gasteiger partial charge in [-0.1, -0.05) is 23.5 Å². The summed E-state index contributed by atoms with van der Waals surface area (Å²) < 4.78 is 11.6. The number of carbonyl (C=O) groups excluding carboxylic acids is 1. The lowest BCUT2D eigenvalue weighted by molar-refractivity contribution is -0.116. The fraction of sp³-hybridized carbons (Fsp3) is 0.300. The summed E-state index contributed by atoms with van der Waals surface area (Å²) in [5.74, 6) is 1.30. The quantitative estimate of drug-likeness (QED) is 0.694. The van der Waals surface area contributed by atoms with Gasteiger partial charge in [-0.25, -0.2) is 4.98 Å². The highest BCUT2D eigenvalue weighted by Gasteiger charge is 2.11. The Bertz CT molecular complexity index is 950. The number of thiazole rings is 1. The zero-order valence-electron chi connectivity index (χ0n) is 15.4. The van der Waals surface area contributed by atoms with Crippen LogP contribution in [0.3, 0.4) is 0 Å². The first-order valence-electron chi connectivity index (χ1n) is 8.38. The molecule has 1 amide bonds. The number of rotatable bonds is 6. The van der Waals surface area contributed by atoms with Crippen LogP contribution in [-0.2, 0) is 11.2 Å². The van der Waals surface area contributed by atoms with Gasteiger partial charge in [-0.2, -0.15) is 0 Å². The largest absolute Gasteiger partial charge is 0.493 e. The first-order chi connectivity index (χ1) is 12.5. The second kappa shape index (κ2) is 7.74. The van der Waals surface area contributed by atoms with Gasteiger partial charge < -0.3 is 14.8 Å². The number of nitrogens with zero attached hydrogens (tertiary/aromatic N) is 1. The molecule has 0 aliphatic rings. The van der Waals surface area contributed by atoms with E-state index in [0.717, 1.165) is 21.3 Å². The minimum Gasteiger partial charge on any atom is -0.493 e. The van der Waals surface area contributed by atoms with Gasteiger partial charge in [-0.3, -0.25) is 4.79 Å². The second-order valence-corrected chi connectivity index (χ2v) is 7.22. The number of methoxy groups -OCH3 is 2. The number of benzene rings is 2. The predicted octanol–water partition coefficient (Wildman–Crippen LogP) is 4.50. The number of fused-ring (bicyclic) bond motifs is 1. The third-order valence-electron chi connectivity index (χ3n) is 4.16. The van der Waals surface area contributed by atoms with Gasteiger partial charge in [-0.15, -0.1) is 0 Å². The van der Waals surface area contributed by atoms with Gasteiger partial charge in [0.15, 0.2) is 16.6 Å². The Morgan fingerprint density at radius 3 is 2.62 bits per heavy atom. The molecule has 0 atom stereocenters. The number of amides is 1. The van der Waals surface area contributed by atoms with Crippen molar-refractivity contribution in [2.24, 2.45) is 0 Å². The molecule has 0 unspecified atom stereocenters. The maximum atomic E-state index is 12.3. The highest BCUT2D eigenvalue weighted by Crippen LogP contribution is 2.30. The highest BCUT2D eigenvalue weighted by atomic mass is 32.1. The molecule has 136 valence electrons. The predicted molar refractivity (Wildman–Crippen MR) is 106 cm³/mol. The van der Waals surface area contributed by atoms with Crippen LogP contribution in [-0.4, -0.2) is 25.1 Å². The lowest BCUT2D eigenvalue weighted by Crippen LogP contribution is -2.12. The Labute approximate surface area is 157 Å². The Morgan fingerprint density at radius 2 is 1.88 bits per heavy atom. The SMILES string of the molecule is COc1ccc(CCC(=O)Nc2nc3c(C)cc(C)cc3s2)cc1OC. The molecule has 1 heterocycles. The van der Waals surface area contributed by atoms with Gasteiger partial charge in [0.2, 0.25) is 5.91 Å². The highest BCUT2D eigenvalue weighted by molar-refractivity contribution is 7.22. The van der Waals surface area contributed by atoms with Gasteiger partial charge in [0.1, 0.15) is 0 Å². The number of aromatic nitrogens is 1. The van der Waals surface area contributed by atoms with Crippen LogP contribution in [0.4, 0.5) is 5.13 Å². The van der Waals surface area contributed by atoms with Crippen LogP contribution < -0.4 is 14.8 Å². The number of ether oxygens (including phenoxy) is 2. The van der Waals surface area contributed by atoms with Crippen molar-refractivity contribution in [1.29, 1.82) is 0 Å². The van der Waals surface area contributed by atoms with E-state index in [-0.39, 0.29) is 5.91 Å². The molecular weight excluding hydrogens is 348 g/mol. The van der Waals surface area contributed by atoms with Crippen molar-refractivity contribution in [1.82, 2.24) is 4.98 Å². The fourth-order valence-electron chi connectivity index (χ4n) is 2.90. The van der Waals surface area contributed by atoms with E-state index in [1.165, 1.54) is 16.9 Å². The first kappa shape index (κ1) is 18.2. The molecular formula is C20H22N2O3S. The van der Waals surface area contributed by atoms with Crippen molar-refractivity contribution in [2.75, 3.05) is 19.5 Å². The Balaban J connectivity index is 1.65. The first-order valence-corrected chi connectivity index (χ1v) is 9.20. The van der Waals surface area contributed by atoms with Crippen molar-refractivity contribution < 1.29 is 14.3 Å². The van der Waals surface area contributed by atoms with Crippen LogP contribution in [0.5, 0.6) is 11.5 Å². The van der Waals surface area contributed by atoms with Crippen molar-refractivity contribution in [3.63, 3.8) is 0 Å². The molecule has 26 heavy (non-hydrogen) atoms. The number of hydrogen-bond acceptors (Lipinski definition) is 5. The van der Waals surface area contributed by atoms with E-state index in [9.17, 15) is 4.79 Å². The summed E-state index contributed by atoms with van der Waals surface area (Å²) in [4.78, 5) is 16.8. The number of hydrogen-bond donors (Lipinski definition) is 1. The molecule has 3 aromatic rings. The average Bonchev–Trinajstić information content (AvgIpc) is 3.02. The summed E-state index contributed by atoms with van der Waals surface area (Å²) in [6.45, 7) is 4.10. The lowest BCUT2D eigenvalue weighted by Gasteiger charge is -2.09. The molecule has 6 heteroatoms. The maximum absolute atomic E-state index is 12.3. The Hall–Kier alpha value is -2.60. The lowest BCUT2D eigenvalue weighted by atomic mass is 10.1. The van der Waals surface area contributed by atoms with Crippen LogP contribution in [0, 0.1) is 13.8 Å². The van der Waals surface area contributed by atoms with Gasteiger partial charge in [0, 0.05) is 6.42 Å². The molecule has 0 spiro atoms. The second-order valence-electron chi connectivity index (χ2n) is 6.19. The minimum absolute atomic E-state index is 0.0479. The summed E-state index contributed by atoms with van der Waals surface area (Å²) in [6.07, 6.45) is 0.999. The number of anilines is 1. The fourth-order valence-corrected chi connectivity index (χ4v) is 3.96. The topological polar surface area (TPSA) is 60.5 Å². The third-order valence-corrected chi connectivity index (χ3v) is 5.08. The molecule has 1 N–H and O–H groups in total. The van der Waals surface area contributed by atoms with E-state index in [1.54, 1.807) is 14.2 Å². The summed E-state index contributed by atoms with van der Waals surface area (Å²) in [5.41, 5.74) is 4.30. The van der Waals surface area contributed by atoms with Gasteiger partial charge in [0.05, 0.1) is 24.4 Å². The van der Waals surface area contributed by atoms with Crippen molar-refractivity contribution in [3.05, 3.63) is 47.0 Å². The smallest absolute Gasteiger partial charge is 0.226 e. The van der Waals surface area contributed by atoms with E-state index < -0.39 is 0 Å². The molecule has 0 bridgehead atoms. The van der Waals surface area contributed by atoms with E-state index in [4.69, 9.17) is 9.47 Å². The molecule has 3 rings (SSSR count). The normalized spacial score (nSPS) is 10.8. The van der Waals surface area contributed by atoms with Crippen molar-refractivity contribution in [2.45, 2.75) is 26.7 Å². The molecule has 5 nitrogen and oxygen atoms in total. The number of carbonyl (C=O) groups is 1. The van der Waals surface area contributed by atoms with Crippen LogP contribution in [0.1, 0.15) is 23.1 Å². The van der Waals surface area contributed by atoms with Gasteiger partial charge in [0.25, 0.3) is 0 Å². The number of nitrogens with one attached hydrogen (secondary N) is 1. The monoisotopic (exact) mass is 370 g/mol. The average molecular weight is 370 g/mol. The third kappa shape index (κ3) is 3.96. The standard InChI is InChI=1S/C20H22N2O3S/c1-12-9-13(2)19-17(10-12)26-20(22-19)21-18(23)8-6-14-5-7-15(24-3)16(11-14)25-4/h5,7,9-11H,6,8H2,1-4H3,(H,21,22,23). The van der Waals surface area contributed by atoms with Gasteiger partial charge >= 0.3 is 0 Å². The van der Waals surface area contributed by atoms with Crippen LogP contribution in [0.2, 0.25) is 0 Å². The van der Waals surface area contributed by atoms with E-state index in [1.807, 2.05) is 25.1 Å². The van der Waals surface area contributed by atoms with Crippen LogP contribution >= 0.6 is 11.3 Å². The van der Waals surface area contributed by atoms with Crippen molar-refractivity contribution >= 4 is 32.6 Å². The molecule has 0 fully saturated rings. The summed E-state index contributed by atoms with van der Waals surface area (Å²) in [5, 5.41) is 3.56. The summed E-state index contributed by atoms with van der Waals surface area (Å²) in [7, 11) is 3.21. The molecule has 0 saturated heterocycles. The maximum Gasteiger partial charge on any atom is 0.226 e. The minimum atomic E-state index is -0.0479. The molecule has 0 aliphatic carbocycles. The molecule has 1 aromatic heterocycles. The summed E-state index contributed by atoms with van der Waals surface area (Å²) >= 11 is 1.51. The Morgan fingerprint density at radius 1 is 1.12 bits per heavy atom. The van der Waals surface area contributed by atoms with Crippen LogP contribution in [0.25, 0.3) is 10.2 Å². The molecule has 0 saturated carbocycles. The molecule has 0 radical (unpaired) electrons. The van der Waals surface area contributed by atoms with Gasteiger partial charge in [-0.05, 0) is 55.2 Å². The van der Waals surface area contributed by atoms with Crippen LogP contribution in [0.15, 0.2) is 30.3 Å². The zero-order chi connectivity index (χ0) is 18.7.